The molecule has 2 saturated heterocycles. The minimum Gasteiger partial charge on any atom is -0.491 e. The molecule has 0 saturated carbocycles. The fourth-order valence-electron chi connectivity index (χ4n) is 6.28. The zero-order chi connectivity index (χ0) is 35.1. The summed E-state index contributed by atoms with van der Waals surface area (Å²) in [5, 5.41) is 17.3. The average molecular weight is 715 g/mol. The van der Waals surface area contributed by atoms with Gasteiger partial charge in [-0.15, -0.1) is 0 Å². The SMILES string of the molecule is CNS(=O)(=O)c1cccc(OCC(O)CNC2COC3(CCN(S(=O)(=O)c4cccc(-c5ccc(CNCCC(C)C)cc5)c4)CC3)C2)c1. The van der Waals surface area contributed by atoms with Crippen molar-refractivity contribution < 1.29 is 31.4 Å². The van der Waals surface area contributed by atoms with Crippen LogP contribution in [0.4, 0.5) is 0 Å². The van der Waals surface area contributed by atoms with Gasteiger partial charge in [-0.3, -0.25) is 0 Å². The highest BCUT2D eigenvalue weighted by Crippen LogP contribution is 2.37. The Morgan fingerprint density at radius 2 is 1.67 bits per heavy atom. The number of aliphatic hydroxyl groups excluding tert-OH is 1. The van der Waals surface area contributed by atoms with Crippen molar-refractivity contribution in [2.45, 2.75) is 73.6 Å². The molecule has 49 heavy (non-hydrogen) atoms. The fraction of sp³-hybridized carbons (Fsp3) is 0.500. The van der Waals surface area contributed by atoms with Crippen molar-refractivity contribution in [2.75, 3.05) is 46.4 Å². The Bertz CT molecular complexity index is 1740. The number of benzene rings is 3. The number of hydrogen-bond donors (Lipinski definition) is 4. The van der Waals surface area contributed by atoms with Gasteiger partial charge in [-0.05, 0) is 86.1 Å². The number of rotatable bonds is 16. The average Bonchev–Trinajstić information content (AvgIpc) is 3.50. The van der Waals surface area contributed by atoms with E-state index in [0.29, 0.717) is 49.1 Å². The molecule has 2 unspecified atom stereocenters. The second-order valence-corrected chi connectivity index (χ2v) is 17.3. The zero-order valence-electron chi connectivity index (χ0n) is 28.6. The molecule has 0 aliphatic carbocycles. The molecule has 11 nitrogen and oxygen atoms in total. The third kappa shape index (κ3) is 9.89. The van der Waals surface area contributed by atoms with Gasteiger partial charge in [0.05, 0.1) is 22.0 Å². The molecule has 0 amide bonds. The second-order valence-electron chi connectivity index (χ2n) is 13.4. The first-order valence-corrected chi connectivity index (χ1v) is 19.9. The van der Waals surface area contributed by atoms with Crippen molar-refractivity contribution in [3.05, 3.63) is 78.4 Å². The molecule has 2 atom stereocenters. The molecule has 13 heteroatoms. The van der Waals surface area contributed by atoms with Gasteiger partial charge in [0.15, 0.2) is 0 Å². The van der Waals surface area contributed by atoms with Crippen molar-refractivity contribution in [2.24, 2.45) is 5.92 Å². The van der Waals surface area contributed by atoms with Crippen LogP contribution in [0.3, 0.4) is 0 Å². The highest BCUT2D eigenvalue weighted by atomic mass is 32.2. The van der Waals surface area contributed by atoms with E-state index in [1.165, 1.54) is 24.7 Å². The summed E-state index contributed by atoms with van der Waals surface area (Å²) in [6, 6.07) is 21.6. The summed E-state index contributed by atoms with van der Waals surface area (Å²) < 4.78 is 67.2. The van der Waals surface area contributed by atoms with E-state index < -0.39 is 31.8 Å². The Morgan fingerprint density at radius 1 is 0.959 bits per heavy atom. The Labute approximate surface area is 291 Å². The van der Waals surface area contributed by atoms with E-state index in [-0.39, 0.29) is 24.1 Å². The van der Waals surface area contributed by atoms with Crippen molar-refractivity contribution >= 4 is 20.0 Å². The maximum atomic E-state index is 13.7. The molecule has 3 aromatic rings. The van der Waals surface area contributed by atoms with Gasteiger partial charge in [0, 0.05) is 38.3 Å². The molecule has 268 valence electrons. The number of sulfonamides is 2. The molecule has 0 aromatic heterocycles. The van der Waals surface area contributed by atoms with Crippen LogP contribution in [0.5, 0.6) is 5.75 Å². The highest BCUT2D eigenvalue weighted by molar-refractivity contribution is 7.89. The fourth-order valence-corrected chi connectivity index (χ4v) is 8.54. The number of hydrogen-bond acceptors (Lipinski definition) is 9. The van der Waals surface area contributed by atoms with Gasteiger partial charge in [0.1, 0.15) is 18.5 Å². The number of ether oxygens (including phenoxy) is 2. The zero-order valence-corrected chi connectivity index (χ0v) is 30.2. The molecule has 3 aromatic carbocycles. The Kier molecular flexibility index (Phi) is 12.5. The van der Waals surface area contributed by atoms with Gasteiger partial charge in [-0.1, -0.05) is 56.3 Å². The summed E-state index contributed by atoms with van der Waals surface area (Å²) in [5.41, 5.74) is 2.63. The standard InChI is InChI=1S/C36H50N4O7S2/c1-27(2)14-17-38-23-28-10-12-29(13-11-28)30-6-4-9-35(20-30)49(44,45)40-18-15-36(16-19-40)22-31(25-47-36)39-24-32(41)26-46-33-7-5-8-34(21-33)48(42,43)37-3/h4-13,20-21,27,31-32,37-39,41H,14-19,22-26H2,1-3H3. The topological polar surface area (TPSA) is 146 Å². The van der Waals surface area contributed by atoms with Crippen molar-refractivity contribution in [1.82, 2.24) is 19.7 Å². The first-order valence-electron chi connectivity index (χ1n) is 17.0. The predicted molar refractivity (Wildman–Crippen MR) is 190 cm³/mol. The van der Waals surface area contributed by atoms with Crippen LogP contribution in [0.2, 0.25) is 0 Å². The van der Waals surface area contributed by atoms with Crippen molar-refractivity contribution in [1.29, 1.82) is 0 Å². The van der Waals surface area contributed by atoms with E-state index in [9.17, 15) is 21.9 Å². The lowest BCUT2D eigenvalue weighted by molar-refractivity contribution is -0.0312. The van der Waals surface area contributed by atoms with Crippen LogP contribution in [0.1, 0.15) is 45.1 Å². The molecule has 0 bridgehead atoms. The molecule has 2 fully saturated rings. The summed E-state index contributed by atoms with van der Waals surface area (Å²) >= 11 is 0. The van der Waals surface area contributed by atoms with Crippen LogP contribution < -0.4 is 20.1 Å². The maximum absolute atomic E-state index is 13.7. The molecule has 0 radical (unpaired) electrons. The van der Waals surface area contributed by atoms with Gasteiger partial charge in [-0.25, -0.2) is 21.6 Å². The quantitative estimate of drug-likeness (QED) is 0.163. The first kappa shape index (κ1) is 37.4. The van der Waals surface area contributed by atoms with Gasteiger partial charge < -0.3 is 25.2 Å². The highest BCUT2D eigenvalue weighted by Gasteiger charge is 2.44. The van der Waals surface area contributed by atoms with E-state index in [2.05, 4.69) is 41.3 Å². The van der Waals surface area contributed by atoms with Crippen molar-refractivity contribution in [3.8, 4) is 16.9 Å². The van der Waals surface area contributed by atoms with Crippen LogP contribution in [0, 0.1) is 5.92 Å². The lowest BCUT2D eigenvalue weighted by atomic mass is 9.88. The van der Waals surface area contributed by atoms with Gasteiger partial charge >= 0.3 is 0 Å². The normalized spacial score (nSPS) is 19.0. The van der Waals surface area contributed by atoms with E-state index in [1.54, 1.807) is 34.6 Å². The monoisotopic (exact) mass is 714 g/mol. The molecule has 2 aliphatic heterocycles. The van der Waals surface area contributed by atoms with E-state index >= 15 is 0 Å². The summed E-state index contributed by atoms with van der Waals surface area (Å²) in [6.45, 7) is 7.69. The number of nitrogens with zero attached hydrogens (tertiary/aromatic N) is 1. The summed E-state index contributed by atoms with van der Waals surface area (Å²) in [6.07, 6.45) is 2.22. The minimum atomic E-state index is -3.68. The third-order valence-corrected chi connectivity index (χ3v) is 12.6. The summed E-state index contributed by atoms with van der Waals surface area (Å²) in [5.74, 6) is 1.02. The largest absolute Gasteiger partial charge is 0.491 e. The molecule has 5 rings (SSSR count). The van der Waals surface area contributed by atoms with Crippen LogP contribution >= 0.6 is 0 Å². The summed E-state index contributed by atoms with van der Waals surface area (Å²) in [4.78, 5) is 0.376. The number of piperidine rings is 1. The van der Waals surface area contributed by atoms with E-state index in [4.69, 9.17) is 9.47 Å². The molecular formula is C36H50N4O7S2. The van der Waals surface area contributed by atoms with Crippen LogP contribution in [-0.4, -0.2) is 90.4 Å². The number of aliphatic hydroxyl groups is 1. The van der Waals surface area contributed by atoms with E-state index in [1.807, 2.05) is 18.2 Å². The summed E-state index contributed by atoms with van der Waals surface area (Å²) in [7, 11) is -5.93. The molecular weight excluding hydrogens is 665 g/mol. The molecule has 2 heterocycles. The molecule has 4 N–H and O–H groups in total. The minimum absolute atomic E-state index is 0.00977. The molecule has 1 spiro atoms. The second kappa shape index (κ2) is 16.4. The smallest absolute Gasteiger partial charge is 0.243 e. The van der Waals surface area contributed by atoms with Crippen molar-refractivity contribution in [3.63, 3.8) is 0 Å². The van der Waals surface area contributed by atoms with Crippen LogP contribution in [-0.2, 0) is 31.3 Å². The molecule has 2 aliphatic rings. The first-order chi connectivity index (χ1) is 23.4. The van der Waals surface area contributed by atoms with Gasteiger partial charge in [0.2, 0.25) is 20.0 Å². The third-order valence-electron chi connectivity index (χ3n) is 9.30. The maximum Gasteiger partial charge on any atom is 0.243 e. The Hall–Kier alpha value is -2.88. The van der Waals surface area contributed by atoms with Crippen LogP contribution in [0.15, 0.2) is 82.6 Å². The Balaban J connectivity index is 1.08. The predicted octanol–water partition coefficient (Wildman–Crippen LogP) is 3.74. The lowest BCUT2D eigenvalue weighted by Gasteiger charge is -2.38. The Morgan fingerprint density at radius 3 is 2.39 bits per heavy atom. The lowest BCUT2D eigenvalue weighted by Crippen LogP contribution is -2.47. The van der Waals surface area contributed by atoms with Gasteiger partial charge in [0.25, 0.3) is 0 Å². The number of nitrogens with one attached hydrogen (secondary N) is 3. The van der Waals surface area contributed by atoms with Crippen LogP contribution in [0.25, 0.3) is 11.1 Å². The van der Waals surface area contributed by atoms with Gasteiger partial charge in [-0.2, -0.15) is 4.31 Å². The van der Waals surface area contributed by atoms with E-state index in [0.717, 1.165) is 37.1 Å².